The Morgan fingerprint density at radius 2 is 2.13 bits per heavy atom. The molecule has 1 saturated heterocycles. The zero-order chi connectivity index (χ0) is 16.0. The maximum absolute atomic E-state index is 6.25. The highest BCUT2D eigenvalue weighted by molar-refractivity contribution is 6.35. The zero-order valence-electron chi connectivity index (χ0n) is 12.8. The molecule has 2 fully saturated rings. The van der Waals surface area contributed by atoms with Gasteiger partial charge in [-0.05, 0) is 19.9 Å². The third-order valence-electron chi connectivity index (χ3n) is 4.43. The highest BCUT2D eigenvalue weighted by atomic mass is 35.5. The SMILES string of the molecule is CN1CCN(c2ncnc(N)c2Cl)CC1c1nc(C2CC2)no1. The second-order valence-electron chi connectivity index (χ2n) is 6.10. The molecule has 3 heterocycles. The van der Waals surface area contributed by atoms with Gasteiger partial charge in [-0.25, -0.2) is 9.97 Å². The fourth-order valence-corrected chi connectivity index (χ4v) is 3.03. The molecular weight excluding hydrogens is 318 g/mol. The van der Waals surface area contributed by atoms with Crippen molar-refractivity contribution >= 4 is 23.2 Å². The molecule has 122 valence electrons. The molecule has 1 atom stereocenters. The number of piperazine rings is 1. The molecule has 9 heteroatoms. The molecule has 23 heavy (non-hydrogen) atoms. The first kappa shape index (κ1) is 14.6. The second kappa shape index (κ2) is 5.61. The van der Waals surface area contributed by atoms with Gasteiger partial charge in [-0.3, -0.25) is 4.90 Å². The van der Waals surface area contributed by atoms with Crippen molar-refractivity contribution in [3.05, 3.63) is 23.1 Å². The van der Waals surface area contributed by atoms with Crippen molar-refractivity contribution in [2.45, 2.75) is 24.8 Å². The van der Waals surface area contributed by atoms with E-state index in [1.54, 1.807) is 0 Å². The third-order valence-corrected chi connectivity index (χ3v) is 4.79. The van der Waals surface area contributed by atoms with Crippen LogP contribution in [0.2, 0.25) is 5.02 Å². The summed E-state index contributed by atoms with van der Waals surface area (Å²) in [5.41, 5.74) is 5.78. The minimum absolute atomic E-state index is 0.0102. The van der Waals surface area contributed by atoms with Crippen LogP contribution in [0.15, 0.2) is 10.9 Å². The largest absolute Gasteiger partial charge is 0.382 e. The molecule has 1 unspecified atom stereocenters. The summed E-state index contributed by atoms with van der Waals surface area (Å²) in [5.74, 6) is 2.90. The van der Waals surface area contributed by atoms with Gasteiger partial charge >= 0.3 is 0 Å². The van der Waals surface area contributed by atoms with Crippen LogP contribution in [0.25, 0.3) is 0 Å². The first-order valence-corrected chi connectivity index (χ1v) is 8.06. The van der Waals surface area contributed by atoms with E-state index in [1.165, 1.54) is 6.33 Å². The van der Waals surface area contributed by atoms with Crippen molar-refractivity contribution in [3.8, 4) is 0 Å². The van der Waals surface area contributed by atoms with E-state index >= 15 is 0 Å². The maximum atomic E-state index is 6.25. The molecule has 2 aromatic heterocycles. The molecule has 2 aliphatic rings. The fourth-order valence-electron chi connectivity index (χ4n) is 2.82. The van der Waals surface area contributed by atoms with E-state index in [0.717, 1.165) is 31.8 Å². The van der Waals surface area contributed by atoms with Gasteiger partial charge in [0.1, 0.15) is 23.2 Å². The number of nitrogens with two attached hydrogens (primary N) is 1. The Hall–Kier alpha value is -1.93. The Morgan fingerprint density at radius 3 is 2.91 bits per heavy atom. The van der Waals surface area contributed by atoms with Gasteiger partial charge in [0, 0.05) is 25.6 Å². The fraction of sp³-hybridized carbons (Fsp3) is 0.571. The van der Waals surface area contributed by atoms with E-state index in [-0.39, 0.29) is 6.04 Å². The predicted octanol–water partition coefficient (Wildman–Crippen LogP) is 1.47. The Kier molecular flexibility index (Phi) is 3.57. The van der Waals surface area contributed by atoms with Crippen LogP contribution in [0.4, 0.5) is 11.6 Å². The number of anilines is 2. The van der Waals surface area contributed by atoms with E-state index in [4.69, 9.17) is 21.9 Å². The lowest BCUT2D eigenvalue weighted by Gasteiger charge is -2.38. The van der Waals surface area contributed by atoms with Crippen LogP contribution in [-0.4, -0.2) is 51.7 Å². The number of nitrogens with zero attached hydrogens (tertiary/aromatic N) is 6. The Balaban J connectivity index is 1.58. The average Bonchev–Trinajstić information content (AvgIpc) is 3.29. The number of nitrogen functional groups attached to an aromatic ring is 1. The van der Waals surface area contributed by atoms with Gasteiger partial charge in [0.25, 0.3) is 0 Å². The first-order valence-electron chi connectivity index (χ1n) is 7.68. The molecule has 0 spiro atoms. The summed E-state index contributed by atoms with van der Waals surface area (Å²) in [4.78, 5) is 17.1. The minimum atomic E-state index is 0.0102. The van der Waals surface area contributed by atoms with Gasteiger partial charge in [-0.15, -0.1) is 0 Å². The molecule has 0 aromatic carbocycles. The molecule has 0 amide bonds. The van der Waals surface area contributed by atoms with Crippen LogP contribution in [-0.2, 0) is 0 Å². The summed E-state index contributed by atoms with van der Waals surface area (Å²) in [7, 11) is 2.05. The summed E-state index contributed by atoms with van der Waals surface area (Å²) in [5, 5.41) is 4.50. The van der Waals surface area contributed by atoms with Crippen molar-refractivity contribution in [1.29, 1.82) is 0 Å². The van der Waals surface area contributed by atoms with Gasteiger partial charge in [0.2, 0.25) is 5.89 Å². The molecule has 2 N–H and O–H groups in total. The molecule has 8 nitrogen and oxygen atoms in total. The van der Waals surface area contributed by atoms with Gasteiger partial charge in [0.15, 0.2) is 11.6 Å². The quantitative estimate of drug-likeness (QED) is 0.900. The van der Waals surface area contributed by atoms with Gasteiger partial charge in [-0.2, -0.15) is 4.98 Å². The van der Waals surface area contributed by atoms with Crippen LogP contribution in [0, 0.1) is 0 Å². The lowest BCUT2D eigenvalue weighted by Crippen LogP contribution is -2.47. The van der Waals surface area contributed by atoms with E-state index in [2.05, 4.69) is 37.0 Å². The van der Waals surface area contributed by atoms with Gasteiger partial charge < -0.3 is 15.2 Å². The molecule has 0 radical (unpaired) electrons. The molecule has 1 saturated carbocycles. The number of likely N-dealkylation sites (N-methyl/N-ethyl adjacent to an activating group) is 1. The standard InChI is InChI=1S/C14H18ClN7O/c1-21-4-5-22(13-10(15)11(16)17-7-18-13)6-9(21)14-19-12(20-23-14)8-2-3-8/h7-9H,2-6H2,1H3,(H2,16,17,18). The maximum Gasteiger partial charge on any atom is 0.245 e. The molecule has 1 aliphatic carbocycles. The minimum Gasteiger partial charge on any atom is -0.382 e. The Morgan fingerprint density at radius 1 is 1.30 bits per heavy atom. The number of aromatic nitrogens is 4. The number of hydrogen-bond acceptors (Lipinski definition) is 8. The molecular formula is C14H18ClN7O. The lowest BCUT2D eigenvalue weighted by molar-refractivity contribution is 0.177. The molecule has 0 bridgehead atoms. The smallest absolute Gasteiger partial charge is 0.245 e. The topological polar surface area (TPSA) is 97.2 Å². The van der Waals surface area contributed by atoms with Crippen LogP contribution in [0.5, 0.6) is 0 Å². The van der Waals surface area contributed by atoms with E-state index < -0.39 is 0 Å². The Labute approximate surface area is 138 Å². The first-order chi connectivity index (χ1) is 11.1. The lowest BCUT2D eigenvalue weighted by atomic mass is 10.1. The van der Waals surface area contributed by atoms with Crippen molar-refractivity contribution in [2.75, 3.05) is 37.3 Å². The number of hydrogen-bond donors (Lipinski definition) is 1. The predicted molar refractivity (Wildman–Crippen MR) is 85.3 cm³/mol. The molecule has 4 rings (SSSR count). The third kappa shape index (κ3) is 2.72. The van der Waals surface area contributed by atoms with Crippen molar-refractivity contribution < 1.29 is 4.52 Å². The Bertz CT molecular complexity index is 717. The summed E-state index contributed by atoms with van der Waals surface area (Å²) in [6.45, 7) is 2.30. The van der Waals surface area contributed by atoms with Crippen LogP contribution in [0.1, 0.15) is 36.5 Å². The normalized spacial score (nSPS) is 22.5. The van der Waals surface area contributed by atoms with E-state index in [1.807, 2.05) is 0 Å². The summed E-state index contributed by atoms with van der Waals surface area (Å²) in [6.07, 6.45) is 3.74. The highest BCUT2D eigenvalue weighted by Gasteiger charge is 2.34. The number of halogens is 1. The van der Waals surface area contributed by atoms with Crippen LogP contribution >= 0.6 is 11.6 Å². The van der Waals surface area contributed by atoms with Crippen molar-refractivity contribution in [2.24, 2.45) is 0 Å². The second-order valence-corrected chi connectivity index (χ2v) is 6.48. The average molecular weight is 336 g/mol. The van der Waals surface area contributed by atoms with Crippen LogP contribution in [0.3, 0.4) is 0 Å². The zero-order valence-corrected chi connectivity index (χ0v) is 13.6. The van der Waals surface area contributed by atoms with Crippen LogP contribution < -0.4 is 10.6 Å². The number of rotatable bonds is 3. The highest BCUT2D eigenvalue weighted by Crippen LogP contribution is 2.39. The summed E-state index contributed by atoms with van der Waals surface area (Å²) >= 11 is 6.25. The van der Waals surface area contributed by atoms with Crippen molar-refractivity contribution in [3.63, 3.8) is 0 Å². The van der Waals surface area contributed by atoms with E-state index in [9.17, 15) is 0 Å². The van der Waals surface area contributed by atoms with Crippen molar-refractivity contribution in [1.82, 2.24) is 25.0 Å². The molecule has 2 aromatic rings. The van der Waals surface area contributed by atoms with E-state index in [0.29, 0.717) is 35.0 Å². The van der Waals surface area contributed by atoms with Gasteiger partial charge in [-0.1, -0.05) is 16.8 Å². The molecule has 1 aliphatic heterocycles. The summed E-state index contributed by atoms with van der Waals surface area (Å²) < 4.78 is 5.49. The monoisotopic (exact) mass is 335 g/mol. The van der Waals surface area contributed by atoms with Gasteiger partial charge in [0.05, 0.1) is 0 Å². The summed E-state index contributed by atoms with van der Waals surface area (Å²) in [6, 6.07) is 0.0102.